The Balaban J connectivity index is 1.87. The third-order valence-corrected chi connectivity index (χ3v) is 5.61. The molecular weight excluding hydrogens is 465 g/mol. The van der Waals surface area contributed by atoms with E-state index in [1.165, 1.54) is 6.07 Å². The van der Waals surface area contributed by atoms with Gasteiger partial charge in [-0.3, -0.25) is 4.68 Å². The largest absolute Gasteiger partial charge is 0.461 e. The SMILES string of the molecule is CCOC(=O)c1nn(C)c(C)c1C(Nc1ccn2ccnc2c1)c1ccc(Br)cc1F. The van der Waals surface area contributed by atoms with Crippen molar-refractivity contribution in [3.05, 3.63) is 81.7 Å². The number of halogens is 2. The molecule has 0 aliphatic heterocycles. The molecule has 1 atom stereocenters. The molecule has 0 bridgehead atoms. The van der Waals surface area contributed by atoms with Crippen LogP contribution in [0.25, 0.3) is 5.65 Å². The predicted molar refractivity (Wildman–Crippen MR) is 119 cm³/mol. The van der Waals surface area contributed by atoms with Crippen LogP contribution >= 0.6 is 15.9 Å². The number of nitrogens with one attached hydrogen (secondary N) is 1. The maximum atomic E-state index is 15.1. The molecule has 0 amide bonds. The molecule has 4 aromatic rings. The molecule has 0 aliphatic carbocycles. The average Bonchev–Trinajstić information content (AvgIpc) is 3.31. The summed E-state index contributed by atoms with van der Waals surface area (Å²) in [6, 6.07) is 7.90. The van der Waals surface area contributed by atoms with Crippen LogP contribution in [0.5, 0.6) is 0 Å². The highest BCUT2D eigenvalue weighted by Crippen LogP contribution is 2.34. The number of fused-ring (bicyclic) bond motifs is 1. The molecule has 31 heavy (non-hydrogen) atoms. The number of carbonyl (C=O) groups is 1. The van der Waals surface area contributed by atoms with Crippen molar-refractivity contribution in [3.63, 3.8) is 0 Å². The van der Waals surface area contributed by atoms with E-state index in [0.717, 1.165) is 17.0 Å². The van der Waals surface area contributed by atoms with Crippen LogP contribution in [0.15, 0.2) is 53.4 Å². The highest BCUT2D eigenvalue weighted by Gasteiger charge is 2.30. The molecule has 1 aromatic carbocycles. The van der Waals surface area contributed by atoms with Crippen LogP contribution < -0.4 is 5.32 Å². The third kappa shape index (κ3) is 4.05. The van der Waals surface area contributed by atoms with Crippen LogP contribution in [0.1, 0.15) is 40.3 Å². The van der Waals surface area contributed by atoms with Crippen LogP contribution in [0, 0.1) is 12.7 Å². The minimum atomic E-state index is -0.682. The molecule has 9 heteroatoms. The van der Waals surface area contributed by atoms with E-state index in [9.17, 15) is 4.79 Å². The van der Waals surface area contributed by atoms with Crippen LogP contribution in [-0.4, -0.2) is 31.7 Å². The fourth-order valence-corrected chi connectivity index (χ4v) is 3.86. The van der Waals surface area contributed by atoms with Gasteiger partial charge in [-0.05, 0) is 32.0 Å². The maximum absolute atomic E-state index is 15.1. The monoisotopic (exact) mass is 485 g/mol. The summed E-state index contributed by atoms with van der Waals surface area (Å²) in [5.74, 6) is -0.957. The number of aromatic nitrogens is 4. The van der Waals surface area contributed by atoms with Crippen molar-refractivity contribution >= 4 is 33.2 Å². The molecule has 7 nitrogen and oxygen atoms in total. The van der Waals surface area contributed by atoms with Crippen molar-refractivity contribution < 1.29 is 13.9 Å². The lowest BCUT2D eigenvalue weighted by Gasteiger charge is -2.22. The Morgan fingerprint density at radius 2 is 2.10 bits per heavy atom. The van der Waals surface area contributed by atoms with Gasteiger partial charge >= 0.3 is 5.97 Å². The molecule has 3 aromatic heterocycles. The number of pyridine rings is 1. The van der Waals surface area contributed by atoms with Crippen molar-refractivity contribution in [1.82, 2.24) is 19.2 Å². The number of hydrogen-bond donors (Lipinski definition) is 1. The first kappa shape index (κ1) is 21.0. The lowest BCUT2D eigenvalue weighted by molar-refractivity contribution is 0.0517. The van der Waals surface area contributed by atoms with Crippen LogP contribution in [0.2, 0.25) is 0 Å². The lowest BCUT2D eigenvalue weighted by atomic mass is 9.95. The number of hydrogen-bond acceptors (Lipinski definition) is 5. The van der Waals surface area contributed by atoms with E-state index in [0.29, 0.717) is 15.6 Å². The molecule has 0 aliphatic rings. The Kier molecular flexibility index (Phi) is 5.77. The highest BCUT2D eigenvalue weighted by atomic mass is 79.9. The summed E-state index contributed by atoms with van der Waals surface area (Å²) in [6.45, 7) is 3.79. The van der Waals surface area contributed by atoms with Crippen molar-refractivity contribution in [3.8, 4) is 0 Å². The first-order valence-electron chi connectivity index (χ1n) is 9.73. The summed E-state index contributed by atoms with van der Waals surface area (Å²) in [6.07, 6.45) is 5.41. The molecule has 160 valence electrons. The van der Waals surface area contributed by atoms with Gasteiger partial charge in [-0.25, -0.2) is 14.2 Å². The molecule has 0 spiro atoms. The number of benzene rings is 1. The quantitative estimate of drug-likeness (QED) is 0.402. The van der Waals surface area contributed by atoms with E-state index in [-0.39, 0.29) is 12.3 Å². The van der Waals surface area contributed by atoms with Crippen LogP contribution in [0.3, 0.4) is 0 Å². The fourth-order valence-electron chi connectivity index (χ4n) is 3.53. The number of esters is 1. The first-order valence-corrected chi connectivity index (χ1v) is 10.5. The van der Waals surface area contributed by atoms with Crippen molar-refractivity contribution in [2.75, 3.05) is 11.9 Å². The minimum Gasteiger partial charge on any atom is -0.461 e. The smallest absolute Gasteiger partial charge is 0.359 e. The van der Waals surface area contributed by atoms with Gasteiger partial charge < -0.3 is 14.5 Å². The summed E-state index contributed by atoms with van der Waals surface area (Å²) < 4.78 is 24.4. The molecular formula is C22H21BrFN5O2. The summed E-state index contributed by atoms with van der Waals surface area (Å²) in [4.78, 5) is 17.0. The fraction of sp³-hybridized carbons (Fsp3) is 0.227. The van der Waals surface area contributed by atoms with Gasteiger partial charge in [0, 0.05) is 58.7 Å². The summed E-state index contributed by atoms with van der Waals surface area (Å²) >= 11 is 3.31. The molecule has 1 N–H and O–H groups in total. The summed E-state index contributed by atoms with van der Waals surface area (Å²) in [5.41, 5.74) is 3.30. The van der Waals surface area contributed by atoms with Gasteiger partial charge in [0.2, 0.25) is 0 Å². The normalized spacial score (nSPS) is 12.2. The van der Waals surface area contributed by atoms with E-state index >= 15 is 4.39 Å². The van der Waals surface area contributed by atoms with Gasteiger partial charge in [0.15, 0.2) is 5.69 Å². The second kappa shape index (κ2) is 8.50. The van der Waals surface area contributed by atoms with E-state index in [4.69, 9.17) is 4.74 Å². The van der Waals surface area contributed by atoms with Crippen molar-refractivity contribution in [2.45, 2.75) is 19.9 Å². The summed E-state index contributed by atoms with van der Waals surface area (Å²) in [5, 5.41) is 7.74. The Bertz CT molecular complexity index is 1270. The van der Waals surface area contributed by atoms with Gasteiger partial charge in [-0.2, -0.15) is 5.10 Å². The molecule has 4 rings (SSSR count). The van der Waals surface area contributed by atoms with Gasteiger partial charge in [-0.15, -0.1) is 0 Å². The van der Waals surface area contributed by atoms with Crippen molar-refractivity contribution in [2.24, 2.45) is 7.05 Å². The Morgan fingerprint density at radius 1 is 1.29 bits per heavy atom. The van der Waals surface area contributed by atoms with E-state index in [1.807, 2.05) is 35.9 Å². The predicted octanol–water partition coefficient (Wildman–Crippen LogP) is 4.66. The first-order chi connectivity index (χ1) is 14.9. The molecule has 3 heterocycles. The number of ether oxygens (including phenoxy) is 1. The Morgan fingerprint density at radius 3 is 2.84 bits per heavy atom. The number of imidazole rings is 1. The number of carbonyl (C=O) groups excluding carboxylic acids is 1. The Labute approximate surface area is 187 Å². The van der Waals surface area contributed by atoms with Gasteiger partial charge in [-0.1, -0.05) is 22.0 Å². The molecule has 0 saturated heterocycles. The highest BCUT2D eigenvalue weighted by molar-refractivity contribution is 9.10. The van der Waals surface area contributed by atoms with E-state index in [2.05, 4.69) is 31.3 Å². The van der Waals surface area contributed by atoms with Gasteiger partial charge in [0.25, 0.3) is 0 Å². The van der Waals surface area contributed by atoms with Gasteiger partial charge in [0.05, 0.1) is 12.6 Å². The van der Waals surface area contributed by atoms with Crippen molar-refractivity contribution in [1.29, 1.82) is 0 Å². The van der Waals surface area contributed by atoms with Crippen LogP contribution in [-0.2, 0) is 11.8 Å². The molecule has 0 fully saturated rings. The third-order valence-electron chi connectivity index (χ3n) is 5.12. The Hall–Kier alpha value is -3.20. The molecule has 0 radical (unpaired) electrons. The maximum Gasteiger partial charge on any atom is 0.359 e. The second-order valence-electron chi connectivity index (χ2n) is 7.04. The number of rotatable bonds is 6. The number of aryl methyl sites for hydroxylation is 1. The van der Waals surface area contributed by atoms with E-state index in [1.54, 1.807) is 37.0 Å². The molecule has 1 unspecified atom stereocenters. The van der Waals surface area contributed by atoms with Crippen LogP contribution in [0.4, 0.5) is 10.1 Å². The minimum absolute atomic E-state index is 0.156. The molecule has 0 saturated carbocycles. The second-order valence-corrected chi connectivity index (χ2v) is 7.96. The summed E-state index contributed by atoms with van der Waals surface area (Å²) in [7, 11) is 1.74. The lowest BCUT2D eigenvalue weighted by Crippen LogP contribution is -2.19. The van der Waals surface area contributed by atoms with Gasteiger partial charge in [0.1, 0.15) is 11.5 Å². The number of nitrogens with zero attached hydrogens (tertiary/aromatic N) is 4. The van der Waals surface area contributed by atoms with E-state index < -0.39 is 17.8 Å². The number of anilines is 1. The standard InChI is InChI=1S/C22H21BrFN5O2/c1-4-31-22(30)21-19(13(2)28(3)27-21)20(16-6-5-14(23)11-17(16)24)26-15-7-9-29-10-8-25-18(29)12-15/h5-12,20,26H,4H2,1-3H3. The zero-order valence-electron chi connectivity index (χ0n) is 17.3. The zero-order chi connectivity index (χ0) is 22.1. The topological polar surface area (TPSA) is 73.5 Å². The zero-order valence-corrected chi connectivity index (χ0v) is 18.9. The average molecular weight is 486 g/mol.